The molecule has 4 N–H and O–H groups in total. The lowest BCUT2D eigenvalue weighted by Gasteiger charge is -2.34. The molecule has 1 aliphatic carbocycles. The third kappa shape index (κ3) is 4.42. The Bertz CT molecular complexity index is 1040. The van der Waals surface area contributed by atoms with Crippen molar-refractivity contribution in [1.82, 2.24) is 10.3 Å². The third-order valence-corrected chi connectivity index (χ3v) is 5.17. The molecule has 3 rings (SSSR count). The van der Waals surface area contributed by atoms with E-state index in [2.05, 4.69) is 15.6 Å². The Hall–Kier alpha value is -3.30. The minimum absolute atomic E-state index is 0.0849. The molecule has 0 bridgehead atoms. The molecule has 0 spiro atoms. The highest BCUT2D eigenvalue weighted by Gasteiger charge is 2.46. The second kappa shape index (κ2) is 9.23. The summed E-state index contributed by atoms with van der Waals surface area (Å²) in [5.74, 6) is 0.471. The zero-order chi connectivity index (χ0) is 22.6. The second-order valence-electron chi connectivity index (χ2n) is 6.69. The molecule has 0 saturated carbocycles. The number of methoxy groups -OCH3 is 2. The van der Waals surface area contributed by atoms with E-state index in [-0.39, 0.29) is 18.2 Å². The van der Waals surface area contributed by atoms with Gasteiger partial charge in [0.2, 0.25) is 5.60 Å². The van der Waals surface area contributed by atoms with E-state index in [0.29, 0.717) is 40.0 Å². The molecule has 10 heteroatoms. The fraction of sp³-hybridized carbons (Fsp3) is 0.286. The number of nitrogens with two attached hydrogens (primary N) is 1. The third-order valence-electron chi connectivity index (χ3n) is 4.86. The van der Waals surface area contributed by atoms with Gasteiger partial charge in [-0.15, -0.1) is 0 Å². The van der Waals surface area contributed by atoms with Gasteiger partial charge in [-0.1, -0.05) is 11.6 Å². The number of benzene rings is 1. The number of nitrogens with one attached hydrogen (secondary N) is 2. The average Bonchev–Trinajstić information content (AvgIpc) is 2.75. The number of carbonyl (C=O) groups is 2. The summed E-state index contributed by atoms with van der Waals surface area (Å²) in [5, 5.41) is 5.59. The van der Waals surface area contributed by atoms with Crippen LogP contribution >= 0.6 is 11.6 Å². The molecule has 0 fully saturated rings. The van der Waals surface area contributed by atoms with Gasteiger partial charge in [0, 0.05) is 44.0 Å². The number of nitrogens with zero attached hydrogens (tertiary/aromatic N) is 1. The predicted molar refractivity (Wildman–Crippen MR) is 116 cm³/mol. The molecular weight excluding hydrogens is 424 g/mol. The maximum Gasteiger partial charge on any atom is 0.319 e. The van der Waals surface area contributed by atoms with Gasteiger partial charge in [-0.05, 0) is 25.1 Å². The standard InChI is InChI=1S/C21H23ClN4O5/c1-4-24-20(28)26-15-6-5-12(9-14(15)22)31-17-7-8-25-16-10-18(29-2)21(30-3,19(23)27)11-13(16)17/h5-10H,4,11H2,1-3H3,(H2,23,27)(H2,24,26,28). The van der Waals surface area contributed by atoms with Crippen molar-refractivity contribution in [2.45, 2.75) is 18.9 Å². The summed E-state index contributed by atoms with van der Waals surface area (Å²) in [7, 11) is 2.83. The molecule has 1 atom stereocenters. The van der Waals surface area contributed by atoms with Gasteiger partial charge >= 0.3 is 6.03 Å². The van der Waals surface area contributed by atoms with Crippen molar-refractivity contribution in [3.63, 3.8) is 0 Å². The van der Waals surface area contributed by atoms with Crippen molar-refractivity contribution >= 4 is 35.3 Å². The summed E-state index contributed by atoms with van der Waals surface area (Å²) < 4.78 is 16.8. The number of halogens is 1. The van der Waals surface area contributed by atoms with E-state index in [0.717, 1.165) is 0 Å². The van der Waals surface area contributed by atoms with Crippen LogP contribution in [0.3, 0.4) is 0 Å². The SMILES string of the molecule is CCNC(=O)Nc1ccc(Oc2ccnc3c2CC(OC)(C(N)=O)C(OC)=C3)cc1Cl. The van der Waals surface area contributed by atoms with Crippen LogP contribution < -0.4 is 21.1 Å². The fourth-order valence-corrected chi connectivity index (χ4v) is 3.50. The molecule has 1 aromatic carbocycles. The van der Waals surface area contributed by atoms with Crippen LogP contribution in [0.1, 0.15) is 18.2 Å². The normalized spacial score (nSPS) is 17.2. The summed E-state index contributed by atoms with van der Waals surface area (Å²) >= 11 is 6.29. The number of carbonyl (C=O) groups excluding carboxylic acids is 2. The molecule has 0 saturated heterocycles. The molecule has 0 radical (unpaired) electrons. The number of primary amides is 1. The van der Waals surface area contributed by atoms with Gasteiger partial charge in [-0.25, -0.2) is 4.79 Å². The minimum Gasteiger partial charge on any atom is -0.497 e. The minimum atomic E-state index is -1.47. The van der Waals surface area contributed by atoms with Gasteiger partial charge in [0.25, 0.3) is 5.91 Å². The molecule has 0 aliphatic heterocycles. The Morgan fingerprint density at radius 2 is 2.06 bits per heavy atom. The van der Waals surface area contributed by atoms with Crippen LogP contribution in [0.2, 0.25) is 5.02 Å². The maximum atomic E-state index is 12.2. The van der Waals surface area contributed by atoms with E-state index < -0.39 is 11.5 Å². The number of ether oxygens (including phenoxy) is 3. The maximum absolute atomic E-state index is 12.2. The number of hydrogen-bond acceptors (Lipinski definition) is 6. The molecule has 1 heterocycles. The smallest absolute Gasteiger partial charge is 0.319 e. The highest BCUT2D eigenvalue weighted by Crippen LogP contribution is 2.39. The van der Waals surface area contributed by atoms with Crippen LogP contribution in [-0.4, -0.2) is 43.3 Å². The van der Waals surface area contributed by atoms with Crippen LogP contribution in [0.25, 0.3) is 6.08 Å². The number of hydrogen-bond donors (Lipinski definition) is 3. The first-order chi connectivity index (χ1) is 14.8. The lowest BCUT2D eigenvalue weighted by atomic mass is 9.85. The first-order valence-corrected chi connectivity index (χ1v) is 9.83. The van der Waals surface area contributed by atoms with Gasteiger partial charge in [0.15, 0.2) is 0 Å². The van der Waals surface area contributed by atoms with Crippen LogP contribution in [0.15, 0.2) is 36.2 Å². The predicted octanol–water partition coefficient (Wildman–Crippen LogP) is 3.08. The molecule has 3 amide bonds. The van der Waals surface area contributed by atoms with Crippen molar-refractivity contribution in [3.05, 3.63) is 52.5 Å². The summed E-state index contributed by atoms with van der Waals surface area (Å²) in [6.07, 6.45) is 3.27. The highest BCUT2D eigenvalue weighted by molar-refractivity contribution is 6.33. The fourth-order valence-electron chi connectivity index (χ4n) is 3.28. The summed E-state index contributed by atoms with van der Waals surface area (Å²) in [4.78, 5) is 28.3. The second-order valence-corrected chi connectivity index (χ2v) is 7.09. The number of urea groups is 1. The molecule has 2 aromatic rings. The lowest BCUT2D eigenvalue weighted by Crippen LogP contribution is -2.51. The first kappa shape index (κ1) is 22.4. The Kier molecular flexibility index (Phi) is 6.67. The average molecular weight is 447 g/mol. The van der Waals surface area contributed by atoms with Crippen molar-refractivity contribution in [1.29, 1.82) is 0 Å². The van der Waals surface area contributed by atoms with E-state index in [4.69, 9.17) is 31.5 Å². The quantitative estimate of drug-likeness (QED) is 0.600. The van der Waals surface area contributed by atoms with Gasteiger partial charge in [0.1, 0.15) is 17.3 Å². The van der Waals surface area contributed by atoms with E-state index in [1.165, 1.54) is 14.2 Å². The van der Waals surface area contributed by atoms with Crippen molar-refractivity contribution < 1.29 is 23.8 Å². The number of anilines is 1. The van der Waals surface area contributed by atoms with Gasteiger partial charge in [-0.3, -0.25) is 9.78 Å². The van der Waals surface area contributed by atoms with Gasteiger partial charge in [0.05, 0.1) is 23.5 Å². The Morgan fingerprint density at radius 1 is 1.29 bits per heavy atom. The van der Waals surface area contributed by atoms with Crippen LogP contribution in [0, 0.1) is 0 Å². The number of aromatic nitrogens is 1. The first-order valence-electron chi connectivity index (χ1n) is 9.46. The van der Waals surface area contributed by atoms with E-state index in [1.54, 1.807) is 36.5 Å². The summed E-state index contributed by atoms with van der Waals surface area (Å²) in [5.41, 5.74) is 5.81. The Morgan fingerprint density at radius 3 is 2.68 bits per heavy atom. The van der Waals surface area contributed by atoms with Gasteiger partial charge in [-0.2, -0.15) is 0 Å². The Labute approximate surface area is 184 Å². The number of amides is 3. The molecule has 31 heavy (non-hydrogen) atoms. The lowest BCUT2D eigenvalue weighted by molar-refractivity contribution is -0.139. The van der Waals surface area contributed by atoms with Crippen molar-refractivity contribution in [3.8, 4) is 11.5 Å². The van der Waals surface area contributed by atoms with E-state index in [9.17, 15) is 9.59 Å². The molecule has 1 aromatic heterocycles. The molecular formula is C21H23ClN4O5. The van der Waals surface area contributed by atoms with Gasteiger partial charge < -0.3 is 30.6 Å². The largest absolute Gasteiger partial charge is 0.497 e. The van der Waals surface area contributed by atoms with Crippen molar-refractivity contribution in [2.24, 2.45) is 5.73 Å². The topological polar surface area (TPSA) is 125 Å². The molecule has 1 unspecified atom stereocenters. The molecule has 1 aliphatic rings. The van der Waals surface area contributed by atoms with Crippen LogP contribution in [-0.2, 0) is 20.7 Å². The van der Waals surface area contributed by atoms with Crippen LogP contribution in [0.4, 0.5) is 10.5 Å². The molecule has 9 nitrogen and oxygen atoms in total. The zero-order valence-electron chi connectivity index (χ0n) is 17.3. The van der Waals surface area contributed by atoms with Crippen molar-refractivity contribution in [2.75, 3.05) is 26.1 Å². The monoisotopic (exact) mass is 446 g/mol. The number of pyridine rings is 1. The zero-order valence-corrected chi connectivity index (χ0v) is 18.1. The van der Waals surface area contributed by atoms with Crippen LogP contribution in [0.5, 0.6) is 11.5 Å². The number of rotatable bonds is 7. The number of fused-ring (bicyclic) bond motifs is 1. The van der Waals surface area contributed by atoms with E-state index in [1.807, 2.05) is 6.92 Å². The molecule has 164 valence electrons. The summed E-state index contributed by atoms with van der Waals surface area (Å²) in [6.45, 7) is 2.31. The highest BCUT2D eigenvalue weighted by atomic mass is 35.5. The van der Waals surface area contributed by atoms with E-state index >= 15 is 0 Å². The summed E-state index contributed by atoms with van der Waals surface area (Å²) in [6, 6.07) is 6.18. The Balaban J connectivity index is 1.92.